The molecular formula is C10H20N2O. The van der Waals surface area contributed by atoms with E-state index in [1.807, 2.05) is 0 Å². The van der Waals surface area contributed by atoms with Gasteiger partial charge in [-0.2, -0.15) is 0 Å². The Bertz CT molecular complexity index is 197. The number of carbonyl (C=O) groups is 1. The molecule has 1 rings (SSSR count). The summed E-state index contributed by atoms with van der Waals surface area (Å²) < 4.78 is 0. The van der Waals surface area contributed by atoms with Crippen LogP contribution in [0.3, 0.4) is 0 Å². The van der Waals surface area contributed by atoms with Crippen LogP contribution < -0.4 is 11.5 Å². The summed E-state index contributed by atoms with van der Waals surface area (Å²) in [6.45, 7) is 4.50. The number of amides is 1. The Kier molecular flexibility index (Phi) is 2.96. The zero-order valence-electron chi connectivity index (χ0n) is 8.55. The van der Waals surface area contributed by atoms with Gasteiger partial charge in [-0.1, -0.05) is 13.8 Å². The van der Waals surface area contributed by atoms with Gasteiger partial charge in [0.1, 0.15) is 0 Å². The third-order valence-corrected chi connectivity index (χ3v) is 3.15. The lowest BCUT2D eigenvalue weighted by atomic mass is 9.81. The molecule has 3 heteroatoms. The summed E-state index contributed by atoms with van der Waals surface area (Å²) in [4.78, 5) is 10.7. The number of carbonyl (C=O) groups excluding carboxylic acids is 1. The summed E-state index contributed by atoms with van der Waals surface area (Å²) in [5.41, 5.74) is 11.0. The molecule has 1 aliphatic rings. The molecule has 0 radical (unpaired) electrons. The second-order valence-corrected chi connectivity index (χ2v) is 4.81. The lowest BCUT2D eigenvalue weighted by Gasteiger charge is -2.25. The highest BCUT2D eigenvalue weighted by molar-refractivity contribution is 5.79. The van der Waals surface area contributed by atoms with E-state index in [0.717, 1.165) is 18.8 Å². The fourth-order valence-corrected chi connectivity index (χ4v) is 1.74. The van der Waals surface area contributed by atoms with Crippen molar-refractivity contribution in [2.24, 2.45) is 22.8 Å². The van der Waals surface area contributed by atoms with Crippen molar-refractivity contribution in [1.82, 2.24) is 0 Å². The van der Waals surface area contributed by atoms with E-state index in [-0.39, 0.29) is 5.91 Å². The molecule has 3 nitrogen and oxygen atoms in total. The van der Waals surface area contributed by atoms with Crippen molar-refractivity contribution in [3.63, 3.8) is 0 Å². The molecule has 4 N–H and O–H groups in total. The van der Waals surface area contributed by atoms with E-state index in [2.05, 4.69) is 13.8 Å². The molecule has 1 unspecified atom stereocenters. The molecule has 0 aliphatic heterocycles. The van der Waals surface area contributed by atoms with Crippen LogP contribution in [0.1, 0.15) is 39.5 Å². The van der Waals surface area contributed by atoms with E-state index in [1.165, 1.54) is 12.8 Å². The fraction of sp³-hybridized carbons (Fsp3) is 0.900. The van der Waals surface area contributed by atoms with Crippen LogP contribution in [0.4, 0.5) is 0 Å². The maximum atomic E-state index is 10.7. The molecule has 1 amide bonds. The lowest BCUT2D eigenvalue weighted by molar-refractivity contribution is -0.119. The largest absolute Gasteiger partial charge is 0.368 e. The van der Waals surface area contributed by atoms with Crippen LogP contribution in [0.25, 0.3) is 0 Å². The van der Waals surface area contributed by atoms with Crippen molar-refractivity contribution in [3.05, 3.63) is 0 Å². The molecule has 0 spiro atoms. The molecule has 1 fully saturated rings. The van der Waals surface area contributed by atoms with Crippen molar-refractivity contribution < 1.29 is 4.79 Å². The van der Waals surface area contributed by atoms with Gasteiger partial charge in [0.2, 0.25) is 5.91 Å². The minimum Gasteiger partial charge on any atom is -0.368 e. The molecule has 0 aromatic carbocycles. The average molecular weight is 184 g/mol. The summed E-state index contributed by atoms with van der Waals surface area (Å²) >= 11 is 0. The standard InChI is InChI=1S/C10H20N2O/c1-10(2,7-3-4-7)6-5-8(11)9(12)13/h7-8H,3-6,11H2,1-2H3,(H2,12,13). The zero-order chi connectivity index (χ0) is 10.1. The molecule has 0 aromatic heterocycles. The first-order valence-corrected chi connectivity index (χ1v) is 4.98. The Morgan fingerprint density at radius 3 is 2.46 bits per heavy atom. The van der Waals surface area contributed by atoms with Crippen LogP contribution in [0.15, 0.2) is 0 Å². The van der Waals surface area contributed by atoms with Gasteiger partial charge in [-0.15, -0.1) is 0 Å². The Labute approximate surface area is 79.9 Å². The number of nitrogens with two attached hydrogens (primary N) is 2. The predicted molar refractivity (Wildman–Crippen MR) is 52.9 cm³/mol. The van der Waals surface area contributed by atoms with Gasteiger partial charge in [-0.05, 0) is 37.0 Å². The molecule has 1 aliphatic carbocycles. The molecule has 0 heterocycles. The van der Waals surface area contributed by atoms with Gasteiger partial charge in [-0.3, -0.25) is 4.79 Å². The van der Waals surface area contributed by atoms with Gasteiger partial charge in [-0.25, -0.2) is 0 Å². The van der Waals surface area contributed by atoms with Crippen LogP contribution in [-0.2, 0) is 4.79 Å². The van der Waals surface area contributed by atoms with Crippen molar-refractivity contribution >= 4 is 5.91 Å². The predicted octanol–water partition coefficient (Wildman–Crippen LogP) is 1.02. The third-order valence-electron chi connectivity index (χ3n) is 3.15. The van der Waals surface area contributed by atoms with E-state index >= 15 is 0 Å². The normalized spacial score (nSPS) is 19.9. The zero-order valence-corrected chi connectivity index (χ0v) is 8.55. The van der Waals surface area contributed by atoms with Gasteiger partial charge < -0.3 is 11.5 Å². The van der Waals surface area contributed by atoms with Crippen molar-refractivity contribution in [1.29, 1.82) is 0 Å². The number of primary amides is 1. The summed E-state index contributed by atoms with van der Waals surface area (Å²) in [5, 5.41) is 0. The van der Waals surface area contributed by atoms with Gasteiger partial charge in [0, 0.05) is 0 Å². The van der Waals surface area contributed by atoms with E-state index in [9.17, 15) is 4.79 Å². The number of rotatable bonds is 5. The summed E-state index contributed by atoms with van der Waals surface area (Å²) in [7, 11) is 0. The lowest BCUT2D eigenvalue weighted by Crippen LogP contribution is -2.37. The SMILES string of the molecule is CC(C)(CCC(N)C(N)=O)C1CC1. The van der Waals surface area contributed by atoms with E-state index in [4.69, 9.17) is 11.5 Å². The molecular weight excluding hydrogens is 164 g/mol. The Morgan fingerprint density at radius 1 is 1.54 bits per heavy atom. The number of hydrogen-bond acceptors (Lipinski definition) is 2. The monoisotopic (exact) mass is 184 g/mol. The van der Waals surface area contributed by atoms with Crippen molar-refractivity contribution in [2.45, 2.75) is 45.6 Å². The molecule has 76 valence electrons. The quantitative estimate of drug-likeness (QED) is 0.669. The topological polar surface area (TPSA) is 69.1 Å². The molecule has 0 bridgehead atoms. The van der Waals surface area contributed by atoms with Gasteiger partial charge in [0.25, 0.3) is 0 Å². The van der Waals surface area contributed by atoms with E-state index in [1.54, 1.807) is 0 Å². The molecule has 0 saturated heterocycles. The first-order chi connectivity index (χ1) is 5.93. The Balaban J connectivity index is 2.28. The van der Waals surface area contributed by atoms with Gasteiger partial charge in [0.15, 0.2) is 0 Å². The fourth-order valence-electron chi connectivity index (χ4n) is 1.74. The van der Waals surface area contributed by atoms with Crippen LogP contribution in [0, 0.1) is 11.3 Å². The molecule has 1 atom stereocenters. The highest BCUT2D eigenvalue weighted by atomic mass is 16.1. The Morgan fingerprint density at radius 2 is 2.08 bits per heavy atom. The minimum absolute atomic E-state index is 0.340. The molecule has 1 saturated carbocycles. The number of hydrogen-bond donors (Lipinski definition) is 2. The first-order valence-electron chi connectivity index (χ1n) is 4.98. The minimum atomic E-state index is -0.460. The second kappa shape index (κ2) is 3.66. The summed E-state index contributed by atoms with van der Waals surface area (Å²) in [6, 6.07) is -0.460. The van der Waals surface area contributed by atoms with E-state index < -0.39 is 6.04 Å². The molecule has 13 heavy (non-hydrogen) atoms. The summed E-state index contributed by atoms with van der Waals surface area (Å²) in [5.74, 6) is 0.458. The smallest absolute Gasteiger partial charge is 0.234 e. The highest BCUT2D eigenvalue weighted by Gasteiger charge is 2.37. The van der Waals surface area contributed by atoms with Crippen LogP contribution in [0.5, 0.6) is 0 Å². The van der Waals surface area contributed by atoms with Crippen molar-refractivity contribution in [3.8, 4) is 0 Å². The highest BCUT2D eigenvalue weighted by Crippen LogP contribution is 2.47. The maximum Gasteiger partial charge on any atom is 0.234 e. The molecule has 0 aromatic rings. The van der Waals surface area contributed by atoms with Crippen molar-refractivity contribution in [2.75, 3.05) is 0 Å². The van der Waals surface area contributed by atoms with Crippen LogP contribution in [-0.4, -0.2) is 11.9 Å². The Hall–Kier alpha value is -0.570. The average Bonchev–Trinajstić information content (AvgIpc) is 2.81. The van der Waals surface area contributed by atoms with Gasteiger partial charge >= 0.3 is 0 Å². The second-order valence-electron chi connectivity index (χ2n) is 4.81. The van der Waals surface area contributed by atoms with Crippen LogP contribution >= 0.6 is 0 Å². The summed E-state index contributed by atoms with van der Waals surface area (Å²) in [6.07, 6.45) is 4.39. The van der Waals surface area contributed by atoms with E-state index in [0.29, 0.717) is 5.41 Å². The van der Waals surface area contributed by atoms with Gasteiger partial charge in [0.05, 0.1) is 6.04 Å². The maximum absolute atomic E-state index is 10.7. The van der Waals surface area contributed by atoms with Crippen LogP contribution in [0.2, 0.25) is 0 Å². The first kappa shape index (κ1) is 10.5. The third kappa shape index (κ3) is 2.99.